The zero-order valence-corrected chi connectivity index (χ0v) is 22.6. The van der Waals surface area contributed by atoms with E-state index in [-0.39, 0.29) is 16.7 Å². The monoisotopic (exact) mass is 552 g/mol. The number of nitrogens with zero attached hydrogens (tertiary/aromatic N) is 2. The Hall–Kier alpha value is -2.13. The third kappa shape index (κ3) is 7.43. The van der Waals surface area contributed by atoms with Crippen LogP contribution < -0.4 is 4.74 Å². The highest BCUT2D eigenvalue weighted by atomic mass is 79.9. The van der Waals surface area contributed by atoms with Gasteiger partial charge in [0.15, 0.2) is 9.84 Å². The van der Waals surface area contributed by atoms with E-state index in [0.29, 0.717) is 21.9 Å². The second kappa shape index (κ2) is 11.1. The molecule has 0 radical (unpaired) electrons. The summed E-state index contributed by atoms with van der Waals surface area (Å²) in [6.07, 6.45) is 5.29. The maximum Gasteiger partial charge on any atom is 0.410 e. The van der Waals surface area contributed by atoms with E-state index in [0.717, 1.165) is 44.5 Å². The molecule has 0 saturated carbocycles. The van der Waals surface area contributed by atoms with E-state index in [9.17, 15) is 13.2 Å². The Morgan fingerprint density at radius 3 is 2.44 bits per heavy atom. The molecule has 0 aliphatic carbocycles. The largest absolute Gasteiger partial charge is 0.455 e. The first-order valence-electron chi connectivity index (χ1n) is 11.6. The quantitative estimate of drug-likeness (QED) is 0.418. The lowest BCUT2D eigenvalue weighted by atomic mass is 9.91. The van der Waals surface area contributed by atoms with Crippen molar-refractivity contribution in [3.05, 3.63) is 46.7 Å². The summed E-state index contributed by atoms with van der Waals surface area (Å²) in [6, 6.07) is 8.58. The van der Waals surface area contributed by atoms with E-state index >= 15 is 0 Å². The van der Waals surface area contributed by atoms with Crippen LogP contribution in [-0.2, 0) is 21.0 Å². The number of sulfone groups is 1. The van der Waals surface area contributed by atoms with Gasteiger partial charge in [0.25, 0.3) is 0 Å². The lowest BCUT2D eigenvalue weighted by molar-refractivity contribution is 0.0181. The molecule has 0 bridgehead atoms. The van der Waals surface area contributed by atoms with E-state index < -0.39 is 15.4 Å². The van der Waals surface area contributed by atoms with Crippen LogP contribution in [0.1, 0.15) is 52.7 Å². The number of aromatic nitrogens is 1. The van der Waals surface area contributed by atoms with Gasteiger partial charge in [0, 0.05) is 18.8 Å². The minimum absolute atomic E-state index is 0.0495. The smallest absolute Gasteiger partial charge is 0.410 e. The molecule has 7 nitrogen and oxygen atoms in total. The Labute approximate surface area is 210 Å². The predicted molar refractivity (Wildman–Crippen MR) is 135 cm³/mol. The molecule has 34 heavy (non-hydrogen) atoms. The lowest BCUT2D eigenvalue weighted by Crippen LogP contribution is -2.41. The highest BCUT2D eigenvalue weighted by Gasteiger charge is 2.26. The molecule has 9 heteroatoms. The number of halogens is 1. The van der Waals surface area contributed by atoms with Crippen LogP contribution in [0.4, 0.5) is 4.79 Å². The summed E-state index contributed by atoms with van der Waals surface area (Å²) < 4.78 is 36.0. The molecule has 1 aliphatic rings. The topological polar surface area (TPSA) is 85.8 Å². The van der Waals surface area contributed by atoms with Crippen molar-refractivity contribution in [1.82, 2.24) is 9.88 Å². The van der Waals surface area contributed by atoms with Gasteiger partial charge in [-0.1, -0.05) is 6.92 Å². The molecule has 1 amide bonds. The van der Waals surface area contributed by atoms with Gasteiger partial charge in [-0.05, 0) is 98.6 Å². The fraction of sp³-hybridized carbons (Fsp3) is 0.520. The first kappa shape index (κ1) is 26.5. The van der Waals surface area contributed by atoms with Gasteiger partial charge in [0.05, 0.1) is 21.3 Å². The average molecular weight is 554 g/mol. The zero-order chi connectivity index (χ0) is 24.9. The summed E-state index contributed by atoms with van der Waals surface area (Å²) >= 11 is 3.39. The van der Waals surface area contributed by atoms with Crippen LogP contribution in [-0.4, -0.2) is 48.8 Å². The summed E-state index contributed by atoms with van der Waals surface area (Å²) in [6.45, 7) is 8.73. The van der Waals surface area contributed by atoms with E-state index in [1.165, 1.54) is 0 Å². The highest BCUT2D eigenvalue weighted by Crippen LogP contribution is 2.32. The maximum absolute atomic E-state index is 12.2. The van der Waals surface area contributed by atoms with Gasteiger partial charge in [0.2, 0.25) is 0 Å². The first-order valence-corrected chi connectivity index (χ1v) is 14.0. The van der Waals surface area contributed by atoms with Crippen molar-refractivity contribution >= 4 is 31.9 Å². The summed E-state index contributed by atoms with van der Waals surface area (Å²) in [7, 11) is -3.27. The second-order valence-electron chi connectivity index (χ2n) is 9.53. The molecule has 1 aromatic carbocycles. The van der Waals surface area contributed by atoms with Crippen molar-refractivity contribution in [2.75, 3.05) is 18.8 Å². The molecule has 2 heterocycles. The number of piperidine rings is 1. The molecule has 1 saturated heterocycles. The maximum atomic E-state index is 12.2. The minimum atomic E-state index is -3.27. The molecular formula is C25H33BrN2O5S. The van der Waals surface area contributed by atoms with Gasteiger partial charge in [-0.15, -0.1) is 0 Å². The molecule has 1 aliphatic heterocycles. The number of carbonyl (C=O) groups is 1. The van der Waals surface area contributed by atoms with Crippen LogP contribution in [0, 0.1) is 5.92 Å². The minimum Gasteiger partial charge on any atom is -0.455 e. The first-order chi connectivity index (χ1) is 16.0. The number of benzene rings is 1. The highest BCUT2D eigenvalue weighted by molar-refractivity contribution is 9.10. The number of hydrogen-bond donors (Lipinski definition) is 0. The van der Waals surface area contributed by atoms with Crippen molar-refractivity contribution in [1.29, 1.82) is 0 Å². The normalized spacial score (nSPS) is 15.3. The SMILES string of the molecule is CCS(=O)(=O)c1ccc(Oc2ccc(CCC3CCN(C(=O)OC(C)(C)C)CC3)nc2)c(Br)c1. The second-order valence-corrected chi connectivity index (χ2v) is 12.7. The predicted octanol–water partition coefficient (Wildman–Crippen LogP) is 6.01. The van der Waals surface area contributed by atoms with E-state index in [1.807, 2.05) is 32.9 Å². The van der Waals surface area contributed by atoms with Gasteiger partial charge in [-0.3, -0.25) is 4.98 Å². The van der Waals surface area contributed by atoms with Gasteiger partial charge >= 0.3 is 6.09 Å². The lowest BCUT2D eigenvalue weighted by Gasteiger charge is -2.33. The van der Waals surface area contributed by atoms with Crippen molar-refractivity contribution in [2.45, 2.75) is 63.9 Å². The van der Waals surface area contributed by atoms with E-state index in [1.54, 1.807) is 36.2 Å². The van der Waals surface area contributed by atoms with Crippen molar-refractivity contribution in [2.24, 2.45) is 5.92 Å². The van der Waals surface area contributed by atoms with Gasteiger partial charge in [-0.2, -0.15) is 0 Å². The molecule has 0 N–H and O–H groups in total. The van der Waals surface area contributed by atoms with Crippen LogP contribution >= 0.6 is 15.9 Å². The van der Waals surface area contributed by atoms with Crippen LogP contribution in [0.3, 0.4) is 0 Å². The molecular weight excluding hydrogens is 520 g/mol. The fourth-order valence-electron chi connectivity index (χ4n) is 3.75. The Kier molecular flexibility index (Phi) is 8.62. The van der Waals surface area contributed by atoms with E-state index in [2.05, 4.69) is 20.9 Å². The number of rotatable bonds is 7. The summed E-state index contributed by atoms with van der Waals surface area (Å²) in [5.41, 5.74) is 0.524. The molecule has 3 rings (SSSR count). The molecule has 1 aromatic heterocycles. The molecule has 186 valence electrons. The number of amides is 1. The Morgan fingerprint density at radius 2 is 1.88 bits per heavy atom. The van der Waals surface area contributed by atoms with Gasteiger partial charge < -0.3 is 14.4 Å². The summed E-state index contributed by atoms with van der Waals surface area (Å²) in [5, 5.41) is 0. The van der Waals surface area contributed by atoms with Crippen LogP contribution in [0.15, 0.2) is 45.9 Å². The zero-order valence-electron chi connectivity index (χ0n) is 20.2. The average Bonchev–Trinajstić information content (AvgIpc) is 2.79. The van der Waals surface area contributed by atoms with Crippen molar-refractivity contribution in [3.63, 3.8) is 0 Å². The van der Waals surface area contributed by atoms with Crippen molar-refractivity contribution in [3.8, 4) is 11.5 Å². The number of pyridine rings is 1. The van der Waals surface area contributed by atoms with E-state index in [4.69, 9.17) is 9.47 Å². The third-order valence-electron chi connectivity index (χ3n) is 5.74. The third-order valence-corrected chi connectivity index (χ3v) is 8.09. The number of carbonyl (C=O) groups excluding carboxylic acids is 1. The fourth-order valence-corrected chi connectivity index (χ4v) is 5.27. The van der Waals surface area contributed by atoms with Crippen LogP contribution in [0.25, 0.3) is 0 Å². The molecule has 0 atom stereocenters. The molecule has 2 aromatic rings. The summed E-state index contributed by atoms with van der Waals surface area (Å²) in [5.74, 6) is 1.72. The number of aryl methyl sites for hydroxylation is 1. The van der Waals surface area contributed by atoms with Gasteiger partial charge in [-0.25, -0.2) is 13.2 Å². The van der Waals surface area contributed by atoms with Gasteiger partial charge in [0.1, 0.15) is 17.1 Å². The van der Waals surface area contributed by atoms with Crippen molar-refractivity contribution < 1.29 is 22.7 Å². The van der Waals surface area contributed by atoms with Crippen LogP contribution in [0.2, 0.25) is 0 Å². The number of hydrogen-bond acceptors (Lipinski definition) is 6. The van der Waals surface area contributed by atoms with Crippen LogP contribution in [0.5, 0.6) is 11.5 Å². The Balaban J connectivity index is 1.48. The Morgan fingerprint density at radius 1 is 1.18 bits per heavy atom. The number of likely N-dealkylation sites (tertiary alicyclic amines) is 1. The standard InChI is InChI=1S/C25H33BrN2O5S/c1-5-34(30,31)21-10-11-23(22(26)16-21)32-20-9-8-19(27-17-20)7-6-18-12-14-28(15-13-18)24(29)33-25(2,3)4/h8-11,16-18H,5-7,12-15H2,1-4H3. The molecule has 0 unspecified atom stereocenters. The Bertz CT molecular complexity index is 1090. The molecule has 1 fully saturated rings. The summed E-state index contributed by atoms with van der Waals surface area (Å²) in [4.78, 5) is 18.8. The molecule has 0 spiro atoms. The number of ether oxygens (including phenoxy) is 2.